The van der Waals surface area contributed by atoms with Gasteiger partial charge in [0.15, 0.2) is 11.6 Å². The van der Waals surface area contributed by atoms with Gasteiger partial charge in [0.1, 0.15) is 23.6 Å². The number of rotatable bonds is 6. The molecule has 2 bridgehead atoms. The number of carbonyl (C=O) groups is 5. The molecule has 65 heavy (non-hydrogen) atoms. The first kappa shape index (κ1) is 54.5. The first-order chi connectivity index (χ1) is 30.7. The number of aliphatic hydroxyl groups is 3. The molecule has 2 aliphatic carbocycles. The van der Waals surface area contributed by atoms with Crippen molar-refractivity contribution in [1.29, 1.82) is 0 Å². The van der Waals surface area contributed by atoms with E-state index in [-0.39, 0.29) is 79.0 Å². The second-order valence-corrected chi connectivity index (χ2v) is 20.6. The van der Waals surface area contributed by atoms with Crippen molar-refractivity contribution in [3.63, 3.8) is 0 Å². The van der Waals surface area contributed by atoms with Gasteiger partial charge in [-0.1, -0.05) is 71.1 Å². The highest BCUT2D eigenvalue weighted by Crippen LogP contribution is 2.42. The number of amides is 1. The van der Waals surface area contributed by atoms with Gasteiger partial charge in [0.2, 0.25) is 0 Å². The molecule has 12 heteroatoms. The van der Waals surface area contributed by atoms with Gasteiger partial charge < -0.3 is 34.4 Å². The predicted octanol–water partition coefficient (Wildman–Crippen LogP) is 7.51. The molecule has 0 spiro atoms. The Balaban J connectivity index is 1.70. The van der Waals surface area contributed by atoms with Crippen molar-refractivity contribution in [3.05, 3.63) is 47.6 Å². The number of ether oxygens (including phenoxy) is 3. The highest BCUT2D eigenvalue weighted by molar-refractivity contribution is 6.39. The maximum atomic E-state index is 14.6. The molecular formula is C53H83NO11. The predicted molar refractivity (Wildman–Crippen MR) is 252 cm³/mol. The number of nitrogens with zero attached hydrogens (tertiary/aromatic N) is 1. The SMILES string of the molecule is CO[C@H]1C[C@@H]2CC[C@@H](C)[C@@](O)(C2)C(=O)C(=O)N2CCCC[C@H]2C(=O)C[C@H]([C@H](C)C[C@@H]2CC[C@@H](O)[C@H](OC)C2)CC(=O)[C@H](C)/C=C(\C)[C@@H](O)[C@@H](OC)C(=O)[C@H](C)C[C@H](C)/C=C/C=CC=C1C. The van der Waals surface area contributed by atoms with Crippen molar-refractivity contribution < 1.29 is 53.5 Å². The second-order valence-electron chi connectivity index (χ2n) is 20.6. The number of methoxy groups -OCH3 is 3. The van der Waals surface area contributed by atoms with Gasteiger partial charge in [0.25, 0.3) is 11.7 Å². The zero-order valence-electron chi connectivity index (χ0n) is 41.2. The fraction of sp³-hybridized carbons (Fsp3) is 0.755. The molecule has 0 aromatic rings. The highest BCUT2D eigenvalue weighted by Gasteiger charge is 2.51. The number of ketones is 4. The van der Waals surface area contributed by atoms with Crippen LogP contribution < -0.4 is 0 Å². The van der Waals surface area contributed by atoms with E-state index in [2.05, 4.69) is 6.92 Å². The average molecular weight is 910 g/mol. The van der Waals surface area contributed by atoms with E-state index in [1.807, 2.05) is 58.1 Å². The van der Waals surface area contributed by atoms with E-state index in [1.165, 1.54) is 12.0 Å². The molecule has 0 radical (unpaired) electrons. The van der Waals surface area contributed by atoms with E-state index in [1.54, 1.807) is 34.1 Å². The fourth-order valence-electron chi connectivity index (χ4n) is 11.2. The van der Waals surface area contributed by atoms with Crippen molar-refractivity contribution in [2.75, 3.05) is 27.9 Å². The van der Waals surface area contributed by atoms with Crippen LogP contribution in [-0.2, 0) is 38.2 Å². The largest absolute Gasteiger partial charge is 0.390 e. The normalized spacial score (nSPS) is 39.2. The van der Waals surface area contributed by atoms with Crippen LogP contribution in [0.1, 0.15) is 138 Å². The zero-order valence-corrected chi connectivity index (χ0v) is 41.2. The van der Waals surface area contributed by atoms with Crippen molar-refractivity contribution in [3.8, 4) is 0 Å². The monoisotopic (exact) mass is 910 g/mol. The number of carbonyl (C=O) groups excluding carboxylic acids is 5. The average Bonchev–Trinajstić information content (AvgIpc) is 3.28. The minimum absolute atomic E-state index is 0.0194. The summed E-state index contributed by atoms with van der Waals surface area (Å²) in [5.41, 5.74) is -0.476. The molecular weight excluding hydrogens is 827 g/mol. The summed E-state index contributed by atoms with van der Waals surface area (Å²) < 4.78 is 17.1. The van der Waals surface area contributed by atoms with Crippen LogP contribution in [0.15, 0.2) is 47.6 Å². The maximum absolute atomic E-state index is 14.6. The van der Waals surface area contributed by atoms with Gasteiger partial charge >= 0.3 is 0 Å². The van der Waals surface area contributed by atoms with Crippen LogP contribution in [0.2, 0.25) is 0 Å². The van der Waals surface area contributed by atoms with E-state index in [4.69, 9.17) is 14.2 Å². The molecule has 2 heterocycles. The molecule has 15 atom stereocenters. The number of allylic oxidation sites excluding steroid dienone is 6. The van der Waals surface area contributed by atoms with Crippen LogP contribution in [0, 0.1) is 47.3 Å². The van der Waals surface area contributed by atoms with Gasteiger partial charge in [-0.15, -0.1) is 0 Å². The first-order valence-corrected chi connectivity index (χ1v) is 24.6. The van der Waals surface area contributed by atoms with Crippen LogP contribution in [0.5, 0.6) is 0 Å². The van der Waals surface area contributed by atoms with Crippen LogP contribution in [0.4, 0.5) is 0 Å². The summed E-state index contributed by atoms with van der Waals surface area (Å²) in [7, 11) is 4.64. The Bertz CT molecular complexity index is 1750. The lowest BCUT2D eigenvalue weighted by Crippen LogP contribution is -2.59. The third-order valence-corrected chi connectivity index (χ3v) is 15.6. The van der Waals surface area contributed by atoms with Crippen molar-refractivity contribution >= 4 is 29.0 Å². The molecule has 4 rings (SSSR count). The highest BCUT2D eigenvalue weighted by atomic mass is 16.5. The Morgan fingerprint density at radius 2 is 1.51 bits per heavy atom. The van der Waals surface area contributed by atoms with Crippen LogP contribution >= 0.6 is 0 Å². The lowest BCUT2D eigenvalue weighted by atomic mass is 9.67. The third-order valence-electron chi connectivity index (χ3n) is 15.6. The number of hydrogen-bond donors (Lipinski definition) is 3. The van der Waals surface area contributed by atoms with E-state index in [0.29, 0.717) is 63.4 Å². The third kappa shape index (κ3) is 14.4. The number of aliphatic hydroxyl groups excluding tert-OH is 2. The van der Waals surface area contributed by atoms with Gasteiger partial charge in [-0.2, -0.15) is 0 Å². The van der Waals surface area contributed by atoms with E-state index < -0.39 is 65.3 Å². The van der Waals surface area contributed by atoms with Crippen LogP contribution in [0.3, 0.4) is 0 Å². The molecule has 4 aliphatic rings. The molecule has 0 aromatic heterocycles. The second kappa shape index (κ2) is 25.3. The Hall–Kier alpha value is -3.13. The lowest BCUT2D eigenvalue weighted by Gasteiger charge is -2.43. The Morgan fingerprint density at radius 1 is 0.800 bits per heavy atom. The molecule has 12 nitrogen and oxygen atoms in total. The molecule has 2 aliphatic heterocycles. The standard InChI is InChI=1S/C53H83NO11/c1-32-16-12-11-13-17-33(2)46(63-8)28-40-20-19-38(7)53(62,31-40)51(60)52(61)54-23-15-14-18-42(54)45(57)30-41(34(3)26-39-21-22-43(55)47(27-39)64-9)29-44(56)35(4)25-37(6)49(59)50(65-10)48(58)36(5)24-32/h11-13,16-17,25,32,34-36,38-43,46-47,49-50,55,59,62H,14-15,18-24,26-31H2,1-10H3/b13-11?,16-12+,33-17?,37-25+/t32-,34-,35-,36-,38-,39+,40+,41-,42+,43-,46+,47-,49-,50+,53+/m1/s1. The van der Waals surface area contributed by atoms with E-state index in [0.717, 1.165) is 18.4 Å². The number of piperidine rings is 1. The zero-order chi connectivity index (χ0) is 48.2. The van der Waals surface area contributed by atoms with Gasteiger partial charge in [0.05, 0.1) is 24.4 Å². The summed E-state index contributed by atoms with van der Waals surface area (Å²) in [6, 6.07) is -0.862. The summed E-state index contributed by atoms with van der Waals surface area (Å²) in [5, 5.41) is 34.2. The Kier molecular flexibility index (Phi) is 21.2. The summed E-state index contributed by atoms with van der Waals surface area (Å²) in [6.07, 6.45) is 15.1. The summed E-state index contributed by atoms with van der Waals surface area (Å²) in [6.45, 7) is 13.4. The van der Waals surface area contributed by atoms with Gasteiger partial charge in [-0.25, -0.2) is 0 Å². The lowest BCUT2D eigenvalue weighted by molar-refractivity contribution is -0.165. The molecule has 0 aromatic carbocycles. The van der Waals surface area contributed by atoms with E-state index >= 15 is 0 Å². The number of hydrogen-bond acceptors (Lipinski definition) is 11. The maximum Gasteiger partial charge on any atom is 0.293 e. The fourth-order valence-corrected chi connectivity index (χ4v) is 11.2. The molecule has 1 amide bonds. The summed E-state index contributed by atoms with van der Waals surface area (Å²) in [5.74, 6) is -4.08. The number of fused-ring (bicyclic) bond motifs is 3. The smallest absolute Gasteiger partial charge is 0.293 e. The molecule has 0 unspecified atom stereocenters. The molecule has 3 fully saturated rings. The summed E-state index contributed by atoms with van der Waals surface area (Å²) >= 11 is 0. The van der Waals surface area contributed by atoms with Gasteiger partial charge in [-0.05, 0) is 138 Å². The van der Waals surface area contributed by atoms with Gasteiger partial charge in [0, 0.05) is 52.6 Å². The minimum atomic E-state index is -1.89. The van der Waals surface area contributed by atoms with Crippen molar-refractivity contribution in [2.24, 2.45) is 47.3 Å². The molecule has 366 valence electrons. The molecule has 1 saturated heterocycles. The topological polar surface area (TPSA) is 177 Å². The Morgan fingerprint density at radius 3 is 2.18 bits per heavy atom. The van der Waals surface area contributed by atoms with E-state index in [9.17, 15) is 39.3 Å². The van der Waals surface area contributed by atoms with Crippen LogP contribution in [-0.4, -0.2) is 119 Å². The molecule has 3 N–H and O–H groups in total. The van der Waals surface area contributed by atoms with Crippen molar-refractivity contribution in [2.45, 2.75) is 181 Å². The van der Waals surface area contributed by atoms with Crippen LogP contribution in [0.25, 0.3) is 0 Å². The quantitative estimate of drug-likeness (QED) is 0.178. The van der Waals surface area contributed by atoms with Gasteiger partial charge in [-0.3, -0.25) is 24.0 Å². The number of Topliss-reactive ketones (excluding diaryl/α,β-unsaturated/α-hetero) is 4. The van der Waals surface area contributed by atoms with Crippen molar-refractivity contribution in [1.82, 2.24) is 4.90 Å². The Labute approximate surface area is 389 Å². The minimum Gasteiger partial charge on any atom is -0.390 e. The molecule has 2 saturated carbocycles. The first-order valence-electron chi connectivity index (χ1n) is 24.6. The summed E-state index contributed by atoms with van der Waals surface area (Å²) in [4.78, 5) is 72.7.